The van der Waals surface area contributed by atoms with Crippen molar-refractivity contribution in [2.75, 3.05) is 0 Å². The van der Waals surface area contributed by atoms with Gasteiger partial charge in [0.25, 0.3) is 0 Å². The van der Waals surface area contributed by atoms with Crippen molar-refractivity contribution < 1.29 is 23.1 Å². The van der Waals surface area contributed by atoms with E-state index >= 15 is 0 Å². The van der Waals surface area contributed by atoms with Gasteiger partial charge in [0.05, 0.1) is 5.41 Å². The smallest absolute Gasteiger partial charge is 0.435 e. The van der Waals surface area contributed by atoms with Gasteiger partial charge in [0, 0.05) is 18.8 Å². The Morgan fingerprint density at radius 2 is 2.00 bits per heavy atom. The largest absolute Gasteiger partial charge is 0.481 e. The number of alkyl halides is 3. The highest BCUT2D eigenvalue weighted by atomic mass is 19.4. The van der Waals surface area contributed by atoms with Crippen molar-refractivity contribution in [1.29, 1.82) is 0 Å². The van der Waals surface area contributed by atoms with Crippen LogP contribution in [0.1, 0.15) is 25.1 Å². The number of hydrogen-bond donors (Lipinski definition) is 1. The molecule has 0 aliphatic heterocycles. The van der Waals surface area contributed by atoms with E-state index in [4.69, 9.17) is 5.11 Å². The Bertz CT molecular complexity index is 435. The molecule has 0 atom stereocenters. The quantitative estimate of drug-likeness (QED) is 0.893. The Hall–Kier alpha value is -1.53. The van der Waals surface area contributed by atoms with E-state index in [-0.39, 0.29) is 12.0 Å². The standard InChI is InChI=1S/C10H13F3N2O2/c1-9(2,8(16)17)4-6-5-15(3)14-7(6)10(11,12)13/h5H,4H2,1-3H3,(H,16,17). The Kier molecular flexibility index (Phi) is 3.22. The van der Waals surface area contributed by atoms with Crippen LogP contribution in [0.3, 0.4) is 0 Å². The van der Waals surface area contributed by atoms with Crippen molar-refractivity contribution >= 4 is 5.97 Å². The van der Waals surface area contributed by atoms with Crippen molar-refractivity contribution in [2.24, 2.45) is 12.5 Å². The summed E-state index contributed by atoms with van der Waals surface area (Å²) in [6.45, 7) is 2.75. The van der Waals surface area contributed by atoms with Gasteiger partial charge in [-0.3, -0.25) is 9.48 Å². The van der Waals surface area contributed by atoms with E-state index in [1.807, 2.05) is 0 Å². The summed E-state index contributed by atoms with van der Waals surface area (Å²) in [5, 5.41) is 12.2. The maximum atomic E-state index is 12.6. The molecule has 0 radical (unpaired) electrons. The van der Waals surface area contributed by atoms with Crippen LogP contribution >= 0.6 is 0 Å². The van der Waals surface area contributed by atoms with Gasteiger partial charge in [-0.25, -0.2) is 0 Å². The molecule has 0 bridgehead atoms. The number of carboxylic acids is 1. The summed E-state index contributed by atoms with van der Waals surface area (Å²) < 4.78 is 38.9. The number of nitrogens with zero attached hydrogens (tertiary/aromatic N) is 2. The lowest BCUT2D eigenvalue weighted by molar-refractivity contribution is -0.148. The minimum atomic E-state index is -4.56. The zero-order valence-corrected chi connectivity index (χ0v) is 9.67. The number of carboxylic acid groups (broad SMARTS) is 1. The minimum Gasteiger partial charge on any atom is -0.481 e. The molecule has 7 heteroatoms. The average molecular weight is 250 g/mol. The second kappa shape index (κ2) is 4.05. The summed E-state index contributed by atoms with van der Waals surface area (Å²) in [5.41, 5.74) is -2.38. The number of hydrogen-bond acceptors (Lipinski definition) is 2. The van der Waals surface area contributed by atoms with Crippen LogP contribution in [0.15, 0.2) is 6.20 Å². The normalized spacial score (nSPS) is 12.8. The van der Waals surface area contributed by atoms with E-state index in [0.717, 1.165) is 4.68 Å². The molecule has 1 aromatic rings. The van der Waals surface area contributed by atoms with E-state index in [1.54, 1.807) is 0 Å². The fraction of sp³-hybridized carbons (Fsp3) is 0.600. The number of aliphatic carboxylic acids is 1. The molecule has 1 aromatic heterocycles. The topological polar surface area (TPSA) is 55.1 Å². The first-order valence-corrected chi connectivity index (χ1v) is 4.87. The van der Waals surface area contributed by atoms with Gasteiger partial charge < -0.3 is 5.11 Å². The van der Waals surface area contributed by atoms with Crippen LogP contribution in [0.2, 0.25) is 0 Å². The van der Waals surface area contributed by atoms with Crippen LogP contribution in [-0.2, 0) is 24.4 Å². The number of aromatic nitrogens is 2. The summed E-state index contributed by atoms with van der Waals surface area (Å²) in [6.07, 6.45) is -3.58. The van der Waals surface area contributed by atoms with Gasteiger partial charge in [0.2, 0.25) is 0 Å². The Morgan fingerprint density at radius 3 is 2.41 bits per heavy atom. The lowest BCUT2D eigenvalue weighted by Crippen LogP contribution is -2.27. The maximum absolute atomic E-state index is 12.6. The molecule has 1 rings (SSSR count). The molecular formula is C10H13F3N2O2. The second-order valence-electron chi connectivity index (χ2n) is 4.54. The Morgan fingerprint density at radius 1 is 1.47 bits per heavy atom. The second-order valence-corrected chi connectivity index (χ2v) is 4.54. The van der Waals surface area contributed by atoms with Crippen molar-refractivity contribution in [1.82, 2.24) is 9.78 Å². The van der Waals surface area contributed by atoms with E-state index < -0.39 is 23.3 Å². The highest BCUT2D eigenvalue weighted by molar-refractivity contribution is 5.74. The van der Waals surface area contributed by atoms with E-state index in [1.165, 1.54) is 27.1 Å². The highest BCUT2D eigenvalue weighted by Crippen LogP contribution is 2.33. The van der Waals surface area contributed by atoms with Gasteiger partial charge in [0.15, 0.2) is 5.69 Å². The van der Waals surface area contributed by atoms with Crippen LogP contribution in [-0.4, -0.2) is 20.9 Å². The summed E-state index contributed by atoms with van der Waals surface area (Å²) in [5.74, 6) is -1.14. The first-order chi connectivity index (χ1) is 7.54. The predicted molar refractivity (Wildman–Crippen MR) is 53.3 cm³/mol. The molecule has 1 N–H and O–H groups in total. The molecule has 0 aromatic carbocycles. The summed E-state index contributed by atoms with van der Waals surface area (Å²) in [6, 6.07) is 0. The Balaban J connectivity index is 3.12. The molecule has 17 heavy (non-hydrogen) atoms. The van der Waals surface area contributed by atoms with Crippen LogP contribution in [0.25, 0.3) is 0 Å². The van der Waals surface area contributed by atoms with Gasteiger partial charge in [-0.15, -0.1) is 0 Å². The van der Waals surface area contributed by atoms with Crippen LogP contribution < -0.4 is 0 Å². The van der Waals surface area contributed by atoms with Crippen molar-refractivity contribution in [3.63, 3.8) is 0 Å². The molecule has 0 amide bonds. The average Bonchev–Trinajstić information content (AvgIpc) is 2.44. The first-order valence-electron chi connectivity index (χ1n) is 4.87. The van der Waals surface area contributed by atoms with E-state index in [0.29, 0.717) is 0 Å². The van der Waals surface area contributed by atoms with Gasteiger partial charge in [-0.2, -0.15) is 18.3 Å². The molecule has 0 saturated heterocycles. The number of carbonyl (C=O) groups is 1. The zero-order valence-electron chi connectivity index (χ0n) is 9.67. The SMILES string of the molecule is Cn1cc(CC(C)(C)C(=O)O)c(C(F)(F)F)n1. The number of rotatable bonds is 3. The van der Waals surface area contributed by atoms with Crippen LogP contribution in [0.5, 0.6) is 0 Å². The summed E-state index contributed by atoms with van der Waals surface area (Å²) >= 11 is 0. The molecule has 0 fully saturated rings. The lowest BCUT2D eigenvalue weighted by Gasteiger charge is -2.18. The fourth-order valence-corrected chi connectivity index (χ4v) is 1.46. The fourth-order valence-electron chi connectivity index (χ4n) is 1.46. The third-order valence-electron chi connectivity index (χ3n) is 2.38. The zero-order chi connectivity index (χ0) is 13.4. The summed E-state index contributed by atoms with van der Waals surface area (Å²) in [4.78, 5) is 10.9. The third kappa shape index (κ3) is 2.98. The van der Waals surface area contributed by atoms with Crippen LogP contribution in [0.4, 0.5) is 13.2 Å². The van der Waals surface area contributed by atoms with E-state index in [2.05, 4.69) is 5.10 Å². The molecule has 0 unspecified atom stereocenters. The van der Waals surface area contributed by atoms with Gasteiger partial charge in [-0.1, -0.05) is 0 Å². The van der Waals surface area contributed by atoms with E-state index in [9.17, 15) is 18.0 Å². The third-order valence-corrected chi connectivity index (χ3v) is 2.38. The van der Waals surface area contributed by atoms with Crippen molar-refractivity contribution in [3.8, 4) is 0 Å². The molecule has 4 nitrogen and oxygen atoms in total. The molecule has 1 heterocycles. The van der Waals surface area contributed by atoms with Gasteiger partial charge >= 0.3 is 12.1 Å². The van der Waals surface area contributed by atoms with Gasteiger partial charge in [-0.05, 0) is 20.3 Å². The summed E-state index contributed by atoms with van der Waals surface area (Å²) in [7, 11) is 1.37. The number of halogens is 3. The lowest BCUT2D eigenvalue weighted by atomic mass is 9.86. The minimum absolute atomic E-state index is 0.104. The molecule has 0 aliphatic rings. The first kappa shape index (κ1) is 13.5. The van der Waals surface area contributed by atoms with Crippen molar-refractivity contribution in [2.45, 2.75) is 26.4 Å². The predicted octanol–water partition coefficient (Wildman–Crippen LogP) is 2.09. The Labute approximate surface area is 96.0 Å². The molecule has 0 saturated carbocycles. The van der Waals surface area contributed by atoms with Crippen molar-refractivity contribution in [3.05, 3.63) is 17.5 Å². The molecule has 96 valence electrons. The monoisotopic (exact) mass is 250 g/mol. The van der Waals surface area contributed by atoms with Crippen LogP contribution in [0, 0.1) is 5.41 Å². The molecule has 0 spiro atoms. The molecular weight excluding hydrogens is 237 g/mol. The number of aryl methyl sites for hydroxylation is 1. The highest BCUT2D eigenvalue weighted by Gasteiger charge is 2.39. The van der Waals surface area contributed by atoms with Gasteiger partial charge in [0.1, 0.15) is 0 Å². The molecule has 0 aliphatic carbocycles. The maximum Gasteiger partial charge on any atom is 0.435 e.